The second-order valence-electron chi connectivity index (χ2n) is 19.1. The van der Waals surface area contributed by atoms with Gasteiger partial charge in [-0.25, -0.2) is 14.4 Å². The first-order valence-electron chi connectivity index (χ1n) is 20.8. The Bertz CT molecular complexity index is 1980. The fraction of sp³-hybridized carbons (Fsp3) is 0.609. The Balaban J connectivity index is 1.47. The number of amides is 1. The number of nitrogens with one attached hydrogen (secondary N) is 1. The number of aliphatic hydroxyl groups excluding tert-OH is 1. The minimum absolute atomic E-state index is 0.0439. The van der Waals surface area contributed by atoms with E-state index in [1.165, 1.54) is 6.92 Å². The third kappa shape index (κ3) is 7.75. The summed E-state index contributed by atoms with van der Waals surface area (Å²) in [6.07, 6.45) is -7.57. The quantitative estimate of drug-likeness (QED) is 0.155. The van der Waals surface area contributed by atoms with Crippen LogP contribution in [-0.4, -0.2) is 94.1 Å². The number of benzene rings is 2. The fourth-order valence-corrected chi connectivity index (χ4v) is 10.4. The maximum absolute atomic E-state index is 14.9. The zero-order valence-corrected chi connectivity index (χ0v) is 35.9. The lowest BCUT2D eigenvalue weighted by Crippen LogP contribution is -2.79. The van der Waals surface area contributed by atoms with Gasteiger partial charge in [0.2, 0.25) is 17.7 Å². The Kier molecular flexibility index (Phi) is 12.2. The van der Waals surface area contributed by atoms with Crippen LogP contribution in [0.5, 0.6) is 0 Å². The van der Waals surface area contributed by atoms with Crippen LogP contribution in [0.4, 0.5) is 4.79 Å². The zero-order chi connectivity index (χ0) is 44.2. The van der Waals surface area contributed by atoms with Crippen molar-refractivity contribution in [3.63, 3.8) is 0 Å². The van der Waals surface area contributed by atoms with E-state index in [9.17, 15) is 39.0 Å². The van der Waals surface area contributed by atoms with E-state index in [1.54, 1.807) is 109 Å². The molecule has 2 bridgehead atoms. The summed E-state index contributed by atoms with van der Waals surface area (Å²) in [6.45, 7) is 15.1. The molecule has 12 unspecified atom stereocenters. The van der Waals surface area contributed by atoms with Gasteiger partial charge in [-0.3, -0.25) is 14.4 Å². The van der Waals surface area contributed by atoms with Crippen LogP contribution in [0.25, 0.3) is 0 Å². The van der Waals surface area contributed by atoms with Gasteiger partial charge in [-0.05, 0) is 51.8 Å². The molecule has 0 aromatic heterocycles. The predicted octanol–water partition coefficient (Wildman–Crippen LogP) is 5.46. The molecule has 3 N–H and O–H groups in total. The van der Waals surface area contributed by atoms with Crippen molar-refractivity contribution in [1.82, 2.24) is 5.32 Å². The molecular weight excluding hydrogens is 774 g/mol. The van der Waals surface area contributed by atoms with Gasteiger partial charge in [0.05, 0.1) is 29.8 Å². The van der Waals surface area contributed by atoms with Crippen molar-refractivity contribution in [3.8, 4) is 0 Å². The highest BCUT2D eigenvalue weighted by molar-refractivity contribution is 6.40. The molecule has 14 nitrogen and oxygen atoms in total. The molecule has 1 saturated heterocycles. The molecule has 0 radical (unpaired) electrons. The number of hydrogen-bond acceptors (Lipinski definition) is 13. The van der Waals surface area contributed by atoms with Gasteiger partial charge in [0.1, 0.15) is 29.5 Å². The molecule has 1 aliphatic heterocycles. The van der Waals surface area contributed by atoms with Crippen molar-refractivity contribution >= 4 is 35.6 Å². The standard InChI is InChI=1S/C46H59NO13/c1-10-17-31(49)58-35(33(26-18-13-11-14-19-26)47-41(54)60-42(3,4)5)40(53)57-28-23-46(55)38(59-39(52)27-20-15-12-16-21-27)36-44(8)24-56-30(44)22-29(48)45(36,9)37(51)34(50)32(25(28)2)43(46,6)7/h11-16,18-21,25,28-30,32-33,35-36,38,48,55H,10,17,22-24H2,1-9H3,(H,47,54). The number of esters is 3. The van der Waals surface area contributed by atoms with Crippen molar-refractivity contribution < 1.29 is 62.7 Å². The van der Waals surface area contributed by atoms with Gasteiger partial charge in [-0.2, -0.15) is 0 Å². The minimum Gasteiger partial charge on any atom is -0.459 e. The number of ketones is 2. The van der Waals surface area contributed by atoms with Crippen LogP contribution in [-0.2, 0) is 42.9 Å². The monoisotopic (exact) mass is 833 g/mol. The summed E-state index contributed by atoms with van der Waals surface area (Å²) >= 11 is 0. The number of ether oxygens (including phenoxy) is 5. The first-order valence-corrected chi connectivity index (χ1v) is 20.8. The molecule has 3 saturated carbocycles. The van der Waals surface area contributed by atoms with Crippen molar-refractivity contribution in [2.75, 3.05) is 6.61 Å². The maximum atomic E-state index is 14.9. The second kappa shape index (κ2) is 16.3. The van der Waals surface area contributed by atoms with Crippen LogP contribution >= 0.6 is 0 Å². The molecule has 6 rings (SSSR count). The molecule has 14 heteroatoms. The van der Waals surface area contributed by atoms with E-state index >= 15 is 0 Å². The van der Waals surface area contributed by atoms with Crippen molar-refractivity contribution in [1.29, 1.82) is 0 Å². The van der Waals surface area contributed by atoms with Crippen molar-refractivity contribution in [2.45, 2.75) is 136 Å². The van der Waals surface area contributed by atoms with Gasteiger partial charge in [0.15, 0.2) is 0 Å². The molecule has 4 fully saturated rings. The first-order chi connectivity index (χ1) is 28.0. The summed E-state index contributed by atoms with van der Waals surface area (Å²) < 4.78 is 29.9. The fourth-order valence-electron chi connectivity index (χ4n) is 10.4. The lowest BCUT2D eigenvalue weighted by atomic mass is 9.41. The first kappa shape index (κ1) is 44.9. The Morgan fingerprint density at radius 3 is 2.13 bits per heavy atom. The molecular formula is C46H59NO13. The van der Waals surface area contributed by atoms with Gasteiger partial charge < -0.3 is 39.2 Å². The predicted molar refractivity (Wildman–Crippen MR) is 215 cm³/mol. The highest BCUT2D eigenvalue weighted by Gasteiger charge is 2.76. The molecule has 1 heterocycles. The summed E-state index contributed by atoms with van der Waals surface area (Å²) in [5.41, 5.74) is -6.83. The normalized spacial score (nSPS) is 34.1. The van der Waals surface area contributed by atoms with Gasteiger partial charge in [0.25, 0.3) is 0 Å². The van der Waals surface area contributed by atoms with Crippen LogP contribution in [0.2, 0.25) is 0 Å². The summed E-state index contributed by atoms with van der Waals surface area (Å²) in [5, 5.41) is 28.0. The number of carbonyl (C=O) groups excluding carboxylic acids is 6. The number of fused-ring (bicyclic) bond motifs is 5. The maximum Gasteiger partial charge on any atom is 0.408 e. The van der Waals surface area contributed by atoms with E-state index in [0.717, 1.165) is 0 Å². The van der Waals surface area contributed by atoms with Gasteiger partial charge in [-0.15, -0.1) is 0 Å². The van der Waals surface area contributed by atoms with Crippen LogP contribution in [0, 0.1) is 34.0 Å². The summed E-state index contributed by atoms with van der Waals surface area (Å²) in [7, 11) is 0. The van der Waals surface area contributed by atoms with Crippen LogP contribution < -0.4 is 5.32 Å². The molecule has 3 aliphatic carbocycles. The van der Waals surface area contributed by atoms with Crippen LogP contribution in [0.1, 0.15) is 110 Å². The topological polar surface area (TPSA) is 201 Å². The molecule has 4 aliphatic rings. The van der Waals surface area contributed by atoms with E-state index in [1.807, 2.05) is 6.92 Å². The van der Waals surface area contributed by atoms with E-state index in [2.05, 4.69) is 5.32 Å². The number of Topliss-reactive ketones (excluding diaryl/α,β-unsaturated/α-hetero) is 2. The number of aliphatic hydroxyl groups is 2. The largest absolute Gasteiger partial charge is 0.459 e. The van der Waals surface area contributed by atoms with Gasteiger partial charge in [0, 0.05) is 47.8 Å². The minimum atomic E-state index is -2.19. The molecule has 1 amide bonds. The van der Waals surface area contributed by atoms with Crippen molar-refractivity contribution in [2.24, 2.45) is 34.0 Å². The van der Waals surface area contributed by atoms with Gasteiger partial charge in [-0.1, -0.05) is 83.1 Å². The third-order valence-electron chi connectivity index (χ3n) is 13.7. The Hall–Kier alpha value is -4.66. The Labute approximate surface area is 351 Å². The van der Waals surface area contributed by atoms with Crippen LogP contribution in [0.15, 0.2) is 60.7 Å². The summed E-state index contributed by atoms with van der Waals surface area (Å²) in [5.74, 6) is -7.82. The highest BCUT2D eigenvalue weighted by atomic mass is 16.6. The van der Waals surface area contributed by atoms with Crippen LogP contribution in [0.3, 0.4) is 0 Å². The number of rotatable bonds is 10. The van der Waals surface area contributed by atoms with E-state index < -0.39 is 124 Å². The van der Waals surface area contributed by atoms with Gasteiger partial charge >= 0.3 is 24.0 Å². The molecule has 326 valence electrons. The number of alkyl carbamates (subject to hydrolysis) is 1. The smallest absolute Gasteiger partial charge is 0.408 e. The lowest BCUT2D eigenvalue weighted by Gasteiger charge is -2.68. The van der Waals surface area contributed by atoms with E-state index in [4.69, 9.17) is 23.7 Å². The zero-order valence-electron chi connectivity index (χ0n) is 35.9. The average Bonchev–Trinajstić information content (AvgIpc) is 3.18. The summed E-state index contributed by atoms with van der Waals surface area (Å²) in [6, 6.07) is 15.2. The number of hydrogen-bond donors (Lipinski definition) is 3. The lowest BCUT2D eigenvalue weighted by molar-refractivity contribution is -0.321. The molecule has 0 spiro atoms. The van der Waals surface area contributed by atoms with E-state index in [0.29, 0.717) is 12.0 Å². The third-order valence-corrected chi connectivity index (χ3v) is 13.7. The molecule has 60 heavy (non-hydrogen) atoms. The molecule has 2 aromatic rings. The highest BCUT2D eigenvalue weighted by Crippen LogP contribution is 2.66. The molecule has 2 aromatic carbocycles. The second-order valence-corrected chi connectivity index (χ2v) is 19.1. The van der Waals surface area contributed by atoms with E-state index in [-0.39, 0.29) is 25.0 Å². The SMILES string of the molecule is CCCC(=O)OC(C(=O)OC1CC2(O)C(OC(=O)c3ccccc3)C3C4(C)COC4CC(O)C3(C)C(=O)C(=O)C(C1C)C2(C)C)C(NC(=O)OC(C)(C)C)c1ccccc1. The van der Waals surface area contributed by atoms with Crippen molar-refractivity contribution in [3.05, 3.63) is 71.8 Å². The Morgan fingerprint density at radius 2 is 1.57 bits per heavy atom. The average molecular weight is 834 g/mol. The molecule has 12 atom stereocenters. The Morgan fingerprint density at radius 1 is 0.950 bits per heavy atom. The number of carbonyl (C=O) groups is 6. The summed E-state index contributed by atoms with van der Waals surface area (Å²) in [4.78, 5) is 85.1.